The summed E-state index contributed by atoms with van der Waals surface area (Å²) in [4.78, 5) is 0. The van der Waals surface area contributed by atoms with Crippen LogP contribution in [0.1, 0.15) is 18.1 Å². The Hall–Kier alpha value is -0.790. The molecule has 0 saturated heterocycles. The molecule has 2 rings (SSSR count). The number of hydrogen-bond donors (Lipinski definition) is 1. The second-order valence-corrected chi connectivity index (χ2v) is 3.96. The van der Waals surface area contributed by atoms with Crippen molar-refractivity contribution in [2.75, 3.05) is 0 Å². The highest BCUT2D eigenvalue weighted by molar-refractivity contribution is 6.30. The first-order chi connectivity index (χ1) is 6.16. The second kappa shape index (κ2) is 3.17. The zero-order valence-electron chi connectivity index (χ0n) is 7.55. The van der Waals surface area contributed by atoms with Gasteiger partial charge >= 0.3 is 0 Å². The van der Waals surface area contributed by atoms with Crippen molar-refractivity contribution in [3.8, 4) is 0 Å². The maximum Gasteiger partial charge on any atom is 0.0412 e. The zero-order valence-corrected chi connectivity index (χ0v) is 8.31. The molecule has 1 unspecified atom stereocenters. The highest BCUT2D eigenvalue weighted by atomic mass is 35.5. The lowest BCUT2D eigenvalue weighted by Gasteiger charge is -2.04. The van der Waals surface area contributed by atoms with Gasteiger partial charge in [0, 0.05) is 11.1 Å². The summed E-state index contributed by atoms with van der Waals surface area (Å²) in [5, 5.41) is 0.793. The van der Waals surface area contributed by atoms with Crippen molar-refractivity contribution >= 4 is 17.7 Å². The molecule has 0 aliphatic heterocycles. The van der Waals surface area contributed by atoms with Crippen LogP contribution in [0.25, 0.3) is 6.08 Å². The molecule has 13 heavy (non-hydrogen) atoms. The van der Waals surface area contributed by atoms with Crippen LogP contribution in [0.15, 0.2) is 23.8 Å². The third-order valence-corrected chi connectivity index (χ3v) is 2.66. The summed E-state index contributed by atoms with van der Waals surface area (Å²) >= 11 is 5.89. The first-order valence-electron chi connectivity index (χ1n) is 4.41. The zero-order chi connectivity index (χ0) is 9.42. The second-order valence-electron chi connectivity index (χ2n) is 3.53. The predicted molar refractivity (Wildman–Crippen MR) is 56.8 cm³/mol. The van der Waals surface area contributed by atoms with Crippen LogP contribution >= 0.6 is 11.6 Å². The van der Waals surface area contributed by atoms with Gasteiger partial charge < -0.3 is 5.73 Å². The molecule has 0 saturated carbocycles. The van der Waals surface area contributed by atoms with E-state index >= 15 is 0 Å². The predicted octanol–water partition coefficient (Wildman–Crippen LogP) is 2.63. The molecule has 2 heteroatoms. The summed E-state index contributed by atoms with van der Waals surface area (Å²) in [6.45, 7) is 2.01. The van der Waals surface area contributed by atoms with Crippen LogP contribution in [0.4, 0.5) is 0 Å². The van der Waals surface area contributed by atoms with E-state index in [1.165, 1.54) is 16.7 Å². The topological polar surface area (TPSA) is 26.0 Å². The van der Waals surface area contributed by atoms with E-state index in [2.05, 4.69) is 12.1 Å². The number of benzene rings is 1. The molecule has 0 aromatic heterocycles. The third kappa shape index (κ3) is 1.62. The van der Waals surface area contributed by atoms with Crippen LogP contribution in [0.5, 0.6) is 0 Å². The van der Waals surface area contributed by atoms with Crippen LogP contribution in [0.2, 0.25) is 5.02 Å². The Morgan fingerprint density at radius 1 is 1.46 bits per heavy atom. The number of hydrogen-bond acceptors (Lipinski definition) is 1. The van der Waals surface area contributed by atoms with Crippen LogP contribution in [-0.4, -0.2) is 6.04 Å². The van der Waals surface area contributed by atoms with Crippen molar-refractivity contribution in [1.29, 1.82) is 0 Å². The summed E-state index contributed by atoms with van der Waals surface area (Å²) in [5.74, 6) is 0. The smallest absolute Gasteiger partial charge is 0.0412 e. The van der Waals surface area contributed by atoms with E-state index in [1.807, 2.05) is 19.1 Å². The van der Waals surface area contributed by atoms with Crippen LogP contribution in [-0.2, 0) is 6.42 Å². The largest absolute Gasteiger partial charge is 0.324 e. The number of rotatable bonds is 1. The maximum atomic E-state index is 5.89. The molecule has 1 aromatic carbocycles. The van der Waals surface area contributed by atoms with Crippen molar-refractivity contribution in [3.05, 3.63) is 39.9 Å². The van der Waals surface area contributed by atoms with Gasteiger partial charge in [0.1, 0.15) is 0 Å². The minimum Gasteiger partial charge on any atom is -0.324 e. The fraction of sp³-hybridized carbons (Fsp3) is 0.273. The lowest BCUT2D eigenvalue weighted by Crippen LogP contribution is -2.17. The molecular weight excluding hydrogens is 182 g/mol. The standard InChI is InChI=1S/C11H12ClN/c1-7(13)9-4-8-2-3-11(12)6-10(8)5-9/h2-3,5-7H,4,13H2,1H3. The molecule has 68 valence electrons. The van der Waals surface area contributed by atoms with E-state index in [-0.39, 0.29) is 6.04 Å². The van der Waals surface area contributed by atoms with Crippen LogP contribution in [0, 0.1) is 0 Å². The van der Waals surface area contributed by atoms with E-state index in [0.29, 0.717) is 0 Å². The molecule has 1 aliphatic carbocycles. The normalized spacial score (nSPS) is 16.7. The Labute approximate surface area is 83.2 Å². The lowest BCUT2D eigenvalue weighted by atomic mass is 10.1. The highest BCUT2D eigenvalue weighted by Crippen LogP contribution is 2.28. The molecule has 1 aromatic rings. The summed E-state index contributed by atoms with van der Waals surface area (Å²) in [7, 11) is 0. The SMILES string of the molecule is CC(N)C1=Cc2cc(Cl)ccc2C1. The Morgan fingerprint density at radius 3 is 2.92 bits per heavy atom. The fourth-order valence-electron chi connectivity index (χ4n) is 1.62. The monoisotopic (exact) mass is 193 g/mol. The Kier molecular flexibility index (Phi) is 2.14. The molecule has 0 fully saturated rings. The molecule has 0 radical (unpaired) electrons. The number of nitrogens with two attached hydrogens (primary N) is 1. The van der Waals surface area contributed by atoms with Gasteiger partial charge in [-0.3, -0.25) is 0 Å². The third-order valence-electron chi connectivity index (χ3n) is 2.43. The van der Waals surface area contributed by atoms with E-state index in [1.54, 1.807) is 0 Å². The van der Waals surface area contributed by atoms with Crippen LogP contribution in [0.3, 0.4) is 0 Å². The summed E-state index contributed by atoms with van der Waals surface area (Å²) < 4.78 is 0. The maximum absolute atomic E-state index is 5.89. The summed E-state index contributed by atoms with van der Waals surface area (Å²) in [5.41, 5.74) is 9.66. The summed E-state index contributed by atoms with van der Waals surface area (Å²) in [6.07, 6.45) is 3.12. The van der Waals surface area contributed by atoms with Gasteiger partial charge in [0.2, 0.25) is 0 Å². The van der Waals surface area contributed by atoms with E-state index in [4.69, 9.17) is 17.3 Å². The van der Waals surface area contributed by atoms with Crippen LogP contribution < -0.4 is 5.73 Å². The highest BCUT2D eigenvalue weighted by Gasteiger charge is 2.14. The number of halogens is 1. The lowest BCUT2D eigenvalue weighted by molar-refractivity contribution is 0.841. The molecule has 0 amide bonds. The van der Waals surface area contributed by atoms with Crippen molar-refractivity contribution in [2.24, 2.45) is 5.73 Å². The van der Waals surface area contributed by atoms with E-state index < -0.39 is 0 Å². The molecule has 0 heterocycles. The molecule has 1 atom stereocenters. The molecule has 1 aliphatic rings. The van der Waals surface area contributed by atoms with Gasteiger partial charge in [-0.15, -0.1) is 0 Å². The van der Waals surface area contributed by atoms with E-state index in [0.717, 1.165) is 11.4 Å². The molecule has 0 spiro atoms. The van der Waals surface area contributed by atoms with Crippen molar-refractivity contribution in [1.82, 2.24) is 0 Å². The van der Waals surface area contributed by atoms with Crippen molar-refractivity contribution in [3.63, 3.8) is 0 Å². The fourth-order valence-corrected chi connectivity index (χ4v) is 1.80. The minimum atomic E-state index is 0.145. The van der Waals surface area contributed by atoms with Gasteiger partial charge in [0.15, 0.2) is 0 Å². The van der Waals surface area contributed by atoms with Gasteiger partial charge in [-0.1, -0.05) is 23.7 Å². The quantitative estimate of drug-likeness (QED) is 0.729. The molecule has 1 nitrogen and oxygen atoms in total. The average molecular weight is 194 g/mol. The first kappa shape index (κ1) is 8.79. The van der Waals surface area contributed by atoms with Crippen molar-refractivity contribution in [2.45, 2.75) is 19.4 Å². The van der Waals surface area contributed by atoms with Gasteiger partial charge in [-0.25, -0.2) is 0 Å². The van der Waals surface area contributed by atoms with E-state index in [9.17, 15) is 0 Å². The average Bonchev–Trinajstić information content (AvgIpc) is 2.46. The molecular formula is C11H12ClN. The minimum absolute atomic E-state index is 0.145. The Morgan fingerprint density at radius 2 is 2.23 bits per heavy atom. The van der Waals surface area contributed by atoms with Gasteiger partial charge in [0.25, 0.3) is 0 Å². The molecule has 2 N–H and O–H groups in total. The first-order valence-corrected chi connectivity index (χ1v) is 4.79. The van der Waals surface area contributed by atoms with Crippen molar-refractivity contribution < 1.29 is 0 Å². The summed E-state index contributed by atoms with van der Waals surface area (Å²) in [6, 6.07) is 6.14. The van der Waals surface area contributed by atoms with Gasteiger partial charge in [0.05, 0.1) is 0 Å². The van der Waals surface area contributed by atoms with Gasteiger partial charge in [-0.2, -0.15) is 0 Å². The Bertz CT molecular complexity index is 366. The molecule has 0 bridgehead atoms. The Balaban J connectivity index is 2.38. The number of fused-ring (bicyclic) bond motifs is 1. The van der Waals surface area contributed by atoms with Gasteiger partial charge in [-0.05, 0) is 42.2 Å².